The lowest BCUT2D eigenvalue weighted by Gasteiger charge is -2.09. The summed E-state index contributed by atoms with van der Waals surface area (Å²) in [6, 6.07) is 3.40. The molecule has 2 rings (SSSR count). The van der Waals surface area contributed by atoms with E-state index in [0.717, 1.165) is 0 Å². The fourth-order valence-corrected chi connectivity index (χ4v) is 3.13. The SMILES string of the molecule is Cc1noc(C)c1S(=O)(=O)Nc1ccc(NC(C)C)nn1. The number of nitrogens with zero attached hydrogens (tertiary/aromatic N) is 3. The van der Waals surface area contributed by atoms with Crippen LogP contribution in [0.5, 0.6) is 0 Å². The van der Waals surface area contributed by atoms with Crippen LogP contribution in [0, 0.1) is 13.8 Å². The van der Waals surface area contributed by atoms with E-state index < -0.39 is 10.0 Å². The predicted molar refractivity (Wildman–Crippen MR) is 77.6 cm³/mol. The Kier molecular flexibility index (Phi) is 4.12. The third kappa shape index (κ3) is 3.48. The summed E-state index contributed by atoms with van der Waals surface area (Å²) in [5.41, 5.74) is 0.297. The molecule has 0 aromatic carbocycles. The van der Waals surface area contributed by atoms with Gasteiger partial charge in [-0.1, -0.05) is 5.16 Å². The molecule has 2 aromatic rings. The lowest BCUT2D eigenvalue weighted by molar-refractivity contribution is 0.390. The molecule has 2 aromatic heterocycles. The average molecular weight is 311 g/mol. The van der Waals surface area contributed by atoms with Gasteiger partial charge in [0, 0.05) is 6.04 Å². The standard InChI is InChI=1S/C12H17N5O3S/c1-7(2)13-10-5-6-11(15-14-10)17-21(18,19)12-8(3)16-20-9(12)4/h5-7H,1-4H3,(H,13,14)(H,15,17). The topological polar surface area (TPSA) is 110 Å². The molecule has 0 fully saturated rings. The van der Waals surface area contributed by atoms with Crippen LogP contribution in [-0.4, -0.2) is 29.8 Å². The number of anilines is 2. The second-order valence-corrected chi connectivity index (χ2v) is 6.48. The van der Waals surface area contributed by atoms with Crippen LogP contribution >= 0.6 is 0 Å². The van der Waals surface area contributed by atoms with Crippen LogP contribution in [0.4, 0.5) is 11.6 Å². The first-order valence-electron chi connectivity index (χ1n) is 6.35. The van der Waals surface area contributed by atoms with E-state index in [0.29, 0.717) is 11.5 Å². The fourth-order valence-electron chi connectivity index (χ4n) is 1.81. The Bertz CT molecular complexity index is 702. The van der Waals surface area contributed by atoms with Gasteiger partial charge in [-0.2, -0.15) is 0 Å². The summed E-state index contributed by atoms with van der Waals surface area (Å²) >= 11 is 0. The molecule has 0 saturated carbocycles. The molecule has 0 bridgehead atoms. The molecule has 2 N–H and O–H groups in total. The minimum atomic E-state index is -3.80. The van der Waals surface area contributed by atoms with Gasteiger partial charge in [0.15, 0.2) is 16.5 Å². The van der Waals surface area contributed by atoms with Crippen molar-refractivity contribution in [3.05, 3.63) is 23.6 Å². The van der Waals surface area contributed by atoms with Gasteiger partial charge in [0.2, 0.25) is 0 Å². The molecule has 2 heterocycles. The highest BCUT2D eigenvalue weighted by molar-refractivity contribution is 7.92. The van der Waals surface area contributed by atoms with Gasteiger partial charge in [0.25, 0.3) is 10.0 Å². The van der Waals surface area contributed by atoms with Gasteiger partial charge >= 0.3 is 0 Å². The van der Waals surface area contributed by atoms with Crippen molar-refractivity contribution in [2.45, 2.75) is 38.6 Å². The minimum Gasteiger partial charge on any atom is -0.366 e. The van der Waals surface area contributed by atoms with Crippen LogP contribution in [0.25, 0.3) is 0 Å². The van der Waals surface area contributed by atoms with E-state index in [1.165, 1.54) is 13.0 Å². The van der Waals surface area contributed by atoms with Crippen LogP contribution in [0.15, 0.2) is 21.6 Å². The van der Waals surface area contributed by atoms with Crippen molar-refractivity contribution >= 4 is 21.7 Å². The summed E-state index contributed by atoms with van der Waals surface area (Å²) in [5, 5.41) is 14.4. The molecule has 0 spiro atoms. The van der Waals surface area contributed by atoms with Crippen molar-refractivity contribution in [3.8, 4) is 0 Å². The van der Waals surface area contributed by atoms with Crippen LogP contribution in [0.3, 0.4) is 0 Å². The van der Waals surface area contributed by atoms with Gasteiger partial charge in [-0.3, -0.25) is 4.72 Å². The lowest BCUT2D eigenvalue weighted by Crippen LogP contribution is -2.16. The fraction of sp³-hybridized carbons (Fsp3) is 0.417. The van der Waals surface area contributed by atoms with Gasteiger partial charge in [0.1, 0.15) is 11.5 Å². The Labute approximate surface area is 123 Å². The number of sulfonamides is 1. The lowest BCUT2D eigenvalue weighted by atomic mass is 10.4. The van der Waals surface area contributed by atoms with E-state index in [4.69, 9.17) is 4.52 Å². The van der Waals surface area contributed by atoms with Crippen LogP contribution < -0.4 is 10.0 Å². The normalized spacial score (nSPS) is 11.7. The molecule has 21 heavy (non-hydrogen) atoms. The Hall–Kier alpha value is -2.16. The van der Waals surface area contributed by atoms with Gasteiger partial charge in [0.05, 0.1) is 0 Å². The first-order valence-corrected chi connectivity index (χ1v) is 7.84. The summed E-state index contributed by atoms with van der Waals surface area (Å²) in [4.78, 5) is 0.0219. The molecule has 0 radical (unpaired) electrons. The van der Waals surface area contributed by atoms with Crippen molar-refractivity contribution in [1.29, 1.82) is 0 Å². The zero-order valence-electron chi connectivity index (χ0n) is 12.2. The maximum absolute atomic E-state index is 12.3. The minimum absolute atomic E-state index is 0.0219. The maximum Gasteiger partial charge on any atom is 0.268 e. The molecule has 0 unspecified atom stereocenters. The molecule has 0 amide bonds. The quantitative estimate of drug-likeness (QED) is 0.864. The molecule has 9 heteroatoms. The average Bonchev–Trinajstić information content (AvgIpc) is 2.71. The van der Waals surface area contributed by atoms with Crippen LogP contribution in [-0.2, 0) is 10.0 Å². The Morgan fingerprint density at radius 1 is 1.14 bits per heavy atom. The predicted octanol–water partition coefficient (Wildman–Crippen LogP) is 1.70. The summed E-state index contributed by atoms with van der Waals surface area (Å²) < 4.78 is 31.8. The second-order valence-electron chi connectivity index (χ2n) is 4.86. The zero-order valence-corrected chi connectivity index (χ0v) is 13.0. The maximum atomic E-state index is 12.3. The summed E-state index contributed by atoms with van der Waals surface area (Å²) in [7, 11) is -3.80. The highest BCUT2D eigenvalue weighted by Gasteiger charge is 2.24. The Morgan fingerprint density at radius 3 is 2.24 bits per heavy atom. The molecule has 8 nitrogen and oxygen atoms in total. The van der Waals surface area contributed by atoms with Gasteiger partial charge in [-0.15, -0.1) is 10.2 Å². The molecular weight excluding hydrogens is 294 g/mol. The molecule has 0 atom stereocenters. The third-order valence-electron chi connectivity index (χ3n) is 2.58. The van der Waals surface area contributed by atoms with E-state index in [1.807, 2.05) is 13.8 Å². The Balaban J connectivity index is 2.21. The second kappa shape index (κ2) is 5.68. The van der Waals surface area contributed by atoms with Crippen molar-refractivity contribution in [3.63, 3.8) is 0 Å². The van der Waals surface area contributed by atoms with Crippen LogP contribution in [0.1, 0.15) is 25.3 Å². The van der Waals surface area contributed by atoms with E-state index in [9.17, 15) is 8.42 Å². The molecule has 0 aliphatic heterocycles. The third-order valence-corrected chi connectivity index (χ3v) is 4.17. The number of rotatable bonds is 5. The van der Waals surface area contributed by atoms with E-state index >= 15 is 0 Å². The smallest absolute Gasteiger partial charge is 0.268 e. The highest BCUT2D eigenvalue weighted by atomic mass is 32.2. The summed E-state index contributed by atoms with van der Waals surface area (Å²) in [6.07, 6.45) is 0. The van der Waals surface area contributed by atoms with Gasteiger partial charge < -0.3 is 9.84 Å². The first-order chi connectivity index (χ1) is 9.79. The van der Waals surface area contributed by atoms with Crippen molar-refractivity contribution in [2.75, 3.05) is 10.0 Å². The highest BCUT2D eigenvalue weighted by Crippen LogP contribution is 2.21. The van der Waals surface area contributed by atoms with Crippen molar-refractivity contribution in [1.82, 2.24) is 15.4 Å². The van der Waals surface area contributed by atoms with Crippen molar-refractivity contribution < 1.29 is 12.9 Å². The van der Waals surface area contributed by atoms with Crippen molar-refractivity contribution in [2.24, 2.45) is 0 Å². The number of hydrogen-bond acceptors (Lipinski definition) is 7. The number of aryl methyl sites for hydroxylation is 2. The molecule has 0 saturated heterocycles. The number of nitrogens with one attached hydrogen (secondary N) is 2. The van der Waals surface area contributed by atoms with Gasteiger partial charge in [-0.05, 0) is 39.8 Å². The van der Waals surface area contributed by atoms with E-state index in [2.05, 4.69) is 25.4 Å². The zero-order chi connectivity index (χ0) is 15.6. The first kappa shape index (κ1) is 15.2. The number of aromatic nitrogens is 3. The molecule has 0 aliphatic carbocycles. The molecule has 114 valence electrons. The summed E-state index contributed by atoms with van der Waals surface area (Å²) in [6.45, 7) is 7.04. The van der Waals surface area contributed by atoms with E-state index in [1.54, 1.807) is 13.0 Å². The Morgan fingerprint density at radius 2 is 1.76 bits per heavy atom. The number of hydrogen-bond donors (Lipinski definition) is 2. The van der Waals surface area contributed by atoms with Crippen LogP contribution in [0.2, 0.25) is 0 Å². The van der Waals surface area contributed by atoms with Gasteiger partial charge in [-0.25, -0.2) is 8.42 Å². The van der Waals surface area contributed by atoms with E-state index in [-0.39, 0.29) is 22.5 Å². The molecular formula is C12H17N5O3S. The largest absolute Gasteiger partial charge is 0.366 e. The summed E-state index contributed by atoms with van der Waals surface area (Å²) in [5.74, 6) is 0.931. The monoisotopic (exact) mass is 311 g/mol. The molecule has 0 aliphatic rings.